The molecule has 0 aromatic heterocycles. The molecule has 0 aliphatic rings. The van der Waals surface area contributed by atoms with Crippen LogP contribution in [-0.2, 0) is 28.7 Å². The van der Waals surface area contributed by atoms with Crippen molar-refractivity contribution in [3.05, 3.63) is 0 Å². The van der Waals surface area contributed by atoms with Crippen LogP contribution in [-0.4, -0.2) is 154 Å². The Labute approximate surface area is 276 Å². The first-order valence-electron chi connectivity index (χ1n) is 16.5. The van der Waals surface area contributed by atoms with Crippen molar-refractivity contribution in [2.75, 3.05) is 87.1 Å². The summed E-state index contributed by atoms with van der Waals surface area (Å²) in [5, 5.41) is 2.91. The first-order valence-corrected chi connectivity index (χ1v) is 17.2. The van der Waals surface area contributed by atoms with Crippen molar-refractivity contribution in [2.24, 2.45) is 0 Å². The Hall–Kier alpha value is -1.56. The van der Waals surface area contributed by atoms with Crippen molar-refractivity contribution in [1.29, 1.82) is 0 Å². The minimum Gasteiger partial charge on any atom is -0.368 e. The number of likely N-dealkylation sites (N-methyl/N-ethyl adjacent to an activating group) is 4. The molecule has 11 nitrogen and oxygen atoms in total. The van der Waals surface area contributed by atoms with E-state index in [0.29, 0.717) is 51.9 Å². The van der Waals surface area contributed by atoms with Crippen LogP contribution in [0.2, 0.25) is 0 Å². The molecule has 0 bridgehead atoms. The van der Waals surface area contributed by atoms with Crippen LogP contribution in [0, 0.1) is 0 Å². The lowest BCUT2D eigenvalue weighted by atomic mass is 9.84. The van der Waals surface area contributed by atoms with Crippen LogP contribution >= 0.6 is 9.12 Å². The summed E-state index contributed by atoms with van der Waals surface area (Å²) in [7, 11) is 9.89. The third-order valence-electron chi connectivity index (χ3n) is 8.12. The predicted molar refractivity (Wildman–Crippen MR) is 186 cm³/mol. The maximum absolute atomic E-state index is 13.5. The Kier molecular flexibility index (Phi) is 23.7. The van der Waals surface area contributed by atoms with Crippen LogP contribution in [0.3, 0.4) is 0 Å². The summed E-state index contributed by atoms with van der Waals surface area (Å²) in [5.41, 5.74) is -1.21. The van der Waals surface area contributed by atoms with E-state index in [1.807, 2.05) is 70.6 Å². The van der Waals surface area contributed by atoms with Crippen molar-refractivity contribution in [2.45, 2.75) is 90.8 Å². The van der Waals surface area contributed by atoms with E-state index in [0.717, 1.165) is 13.1 Å². The van der Waals surface area contributed by atoms with Gasteiger partial charge in [-0.15, -0.1) is 0 Å². The van der Waals surface area contributed by atoms with E-state index in [-0.39, 0.29) is 74.3 Å². The van der Waals surface area contributed by atoms with E-state index in [4.69, 9.17) is 4.74 Å². The van der Waals surface area contributed by atoms with Crippen molar-refractivity contribution in [3.8, 4) is 0 Å². The Morgan fingerprint density at radius 2 is 1.20 bits per heavy atom. The summed E-state index contributed by atoms with van der Waals surface area (Å²) in [6, 6.07) is 0. The first-order chi connectivity index (χ1) is 21.2. The molecule has 0 aromatic rings. The molecule has 0 rings (SSSR count). The van der Waals surface area contributed by atoms with E-state index < -0.39 is 11.7 Å². The molecule has 0 aliphatic heterocycles. The molecule has 2 atom stereocenters. The minimum absolute atomic E-state index is 0.0181. The van der Waals surface area contributed by atoms with Crippen LogP contribution in [0.25, 0.3) is 0 Å². The average Bonchev–Trinajstić information content (AvgIpc) is 2.99. The summed E-state index contributed by atoms with van der Waals surface area (Å²) < 4.78 is 6.86. The number of carbonyl (C=O) groups excluding carboxylic acids is 5. The molecular formula is C32H62BN5O6P. The number of carbonyl (C=O) groups is 5. The second-order valence-electron chi connectivity index (χ2n) is 12.4. The molecule has 259 valence electrons. The van der Waals surface area contributed by atoms with Crippen LogP contribution in [0.4, 0.5) is 0 Å². The number of ketones is 3. The molecule has 1 radical (unpaired) electrons. The molecule has 0 spiro atoms. The Morgan fingerprint density at radius 3 is 1.67 bits per heavy atom. The number of hydrogen-bond acceptors (Lipinski definition) is 10. The van der Waals surface area contributed by atoms with Gasteiger partial charge in [-0.1, -0.05) is 34.1 Å². The van der Waals surface area contributed by atoms with Gasteiger partial charge in [0.25, 0.3) is 0 Å². The Bertz CT molecular complexity index is 885. The highest BCUT2D eigenvalue weighted by Gasteiger charge is 2.38. The Morgan fingerprint density at radius 1 is 0.711 bits per heavy atom. The SMILES string of the molecule is CCN(C)CC(=O)CCCCC(CC(=O)CN(C)CC)(CC(=O)CN(C)CC)OC(CNC(=O)CCC(=O)[B]P)CN(C)CC. The van der Waals surface area contributed by atoms with Crippen LogP contribution in [0.15, 0.2) is 0 Å². The van der Waals surface area contributed by atoms with Crippen molar-refractivity contribution < 1.29 is 28.7 Å². The summed E-state index contributed by atoms with van der Waals surface area (Å²) in [6.45, 7) is 13.9. The van der Waals surface area contributed by atoms with Crippen LogP contribution < -0.4 is 5.32 Å². The fourth-order valence-electron chi connectivity index (χ4n) is 4.91. The highest BCUT2D eigenvalue weighted by molar-refractivity contribution is 7.62. The van der Waals surface area contributed by atoms with Gasteiger partial charge in [0.15, 0.2) is 0 Å². The molecule has 0 aromatic carbocycles. The van der Waals surface area contributed by atoms with Gasteiger partial charge in [-0.2, -0.15) is 9.12 Å². The van der Waals surface area contributed by atoms with Gasteiger partial charge in [-0.3, -0.25) is 33.9 Å². The summed E-state index contributed by atoms with van der Waals surface area (Å²) in [5.74, 6) is -0.133. The van der Waals surface area contributed by atoms with Crippen molar-refractivity contribution in [1.82, 2.24) is 24.9 Å². The lowest BCUT2D eigenvalue weighted by molar-refractivity contribution is -0.149. The van der Waals surface area contributed by atoms with Gasteiger partial charge < -0.3 is 19.7 Å². The van der Waals surface area contributed by atoms with E-state index in [1.165, 1.54) is 7.00 Å². The highest BCUT2D eigenvalue weighted by atomic mass is 31.0. The minimum atomic E-state index is -1.09. The molecule has 45 heavy (non-hydrogen) atoms. The van der Waals surface area contributed by atoms with E-state index in [9.17, 15) is 24.0 Å². The van der Waals surface area contributed by atoms with Gasteiger partial charge >= 0.3 is 0 Å². The summed E-state index contributed by atoms with van der Waals surface area (Å²) in [4.78, 5) is 71.7. The van der Waals surface area contributed by atoms with E-state index in [1.54, 1.807) is 0 Å². The number of unbranched alkanes of at least 4 members (excludes halogenated alkanes) is 1. The van der Waals surface area contributed by atoms with E-state index >= 15 is 0 Å². The van der Waals surface area contributed by atoms with Gasteiger partial charge in [0.05, 0.1) is 37.0 Å². The number of amides is 1. The highest BCUT2D eigenvalue weighted by Crippen LogP contribution is 2.31. The molecular weight excluding hydrogens is 592 g/mol. The summed E-state index contributed by atoms with van der Waals surface area (Å²) in [6.07, 6.45) is 1.90. The van der Waals surface area contributed by atoms with Gasteiger partial charge in [-0.05, 0) is 67.2 Å². The topological polar surface area (TPSA) is 120 Å². The molecule has 1 amide bonds. The first kappa shape index (κ1) is 43.4. The zero-order valence-corrected chi connectivity index (χ0v) is 30.6. The fourth-order valence-corrected chi connectivity index (χ4v) is 5.08. The molecule has 0 saturated carbocycles. The normalized spacial score (nSPS) is 12.6. The zero-order chi connectivity index (χ0) is 34.4. The zero-order valence-electron chi connectivity index (χ0n) is 29.5. The largest absolute Gasteiger partial charge is 0.368 e. The lowest BCUT2D eigenvalue weighted by Crippen LogP contribution is -2.49. The smallest absolute Gasteiger partial charge is 0.229 e. The fraction of sp³-hybridized carbons (Fsp3) is 0.844. The maximum Gasteiger partial charge on any atom is 0.229 e. The van der Waals surface area contributed by atoms with Crippen molar-refractivity contribution >= 4 is 45.1 Å². The summed E-state index contributed by atoms with van der Waals surface area (Å²) >= 11 is 0. The standard InChI is InChI=1S/C32H62BN5O6P/c1-9-35(5)22-26(39)15-13-14-18-32(19-27(40)23-36(6)10-2,20-28(41)24-37(7)11-3)44-29(25-38(8)12-4)21-34-31(43)17-16-30(42)33-45/h29H,9-25,45H2,1-8H3,(H,34,43). The number of Topliss-reactive ketones (excluding diaryl/α,β-unsaturated/α-hetero) is 3. The quantitative estimate of drug-likeness (QED) is 0.0728. The number of hydrogen-bond donors (Lipinski definition) is 1. The number of rotatable bonds is 29. The van der Waals surface area contributed by atoms with Gasteiger partial charge in [0.1, 0.15) is 17.3 Å². The number of nitrogens with one attached hydrogen (secondary N) is 1. The lowest BCUT2D eigenvalue weighted by Gasteiger charge is -2.39. The molecule has 13 heteroatoms. The molecule has 2 unspecified atom stereocenters. The molecule has 0 fully saturated rings. The number of ether oxygens (including phenoxy) is 1. The Balaban J connectivity index is 6.25. The third-order valence-corrected chi connectivity index (χ3v) is 8.49. The monoisotopic (exact) mass is 654 g/mol. The molecule has 0 saturated heterocycles. The van der Waals surface area contributed by atoms with Gasteiger partial charge in [-0.25, -0.2) is 0 Å². The molecule has 0 heterocycles. The maximum atomic E-state index is 13.5. The van der Waals surface area contributed by atoms with Gasteiger partial charge in [0, 0.05) is 45.2 Å². The van der Waals surface area contributed by atoms with Gasteiger partial charge in [0.2, 0.25) is 12.9 Å². The van der Waals surface area contributed by atoms with Crippen LogP contribution in [0.5, 0.6) is 0 Å². The second-order valence-corrected chi connectivity index (χ2v) is 12.7. The van der Waals surface area contributed by atoms with Crippen molar-refractivity contribution in [3.63, 3.8) is 0 Å². The second kappa shape index (κ2) is 24.6. The number of nitrogens with zero attached hydrogens (tertiary/aromatic N) is 4. The predicted octanol–water partition coefficient (Wildman–Crippen LogP) is 1.88. The molecule has 1 N–H and O–H groups in total. The van der Waals surface area contributed by atoms with Crippen LogP contribution in [0.1, 0.15) is 79.1 Å². The average molecular weight is 655 g/mol. The van der Waals surface area contributed by atoms with E-state index in [2.05, 4.69) is 19.3 Å². The molecule has 0 aliphatic carbocycles. The third kappa shape index (κ3) is 21.0.